The van der Waals surface area contributed by atoms with Gasteiger partial charge in [0.05, 0.1) is 0 Å². The van der Waals surface area contributed by atoms with Crippen LogP contribution in [0, 0.1) is 0 Å². The third-order valence-corrected chi connectivity index (χ3v) is 4.46. The summed E-state index contributed by atoms with van der Waals surface area (Å²) in [4.78, 5) is 12.0. The number of benzene rings is 1. The van der Waals surface area contributed by atoms with E-state index in [1.54, 1.807) is 0 Å². The summed E-state index contributed by atoms with van der Waals surface area (Å²) in [5, 5.41) is 3.08. The Bertz CT molecular complexity index is 458. The van der Waals surface area contributed by atoms with Crippen LogP contribution >= 0.6 is 0 Å². The summed E-state index contributed by atoms with van der Waals surface area (Å²) in [6.07, 6.45) is 6.04. The highest BCUT2D eigenvalue weighted by Gasteiger charge is 2.41. The maximum atomic E-state index is 12.0. The minimum Gasteiger partial charge on any atom is -0.351 e. The highest BCUT2D eigenvalue weighted by Crippen LogP contribution is 2.43. The van der Waals surface area contributed by atoms with Crippen LogP contribution in [0.2, 0.25) is 0 Å². The number of carbonyl (C=O) groups excluding carboxylic acids is 1. The Morgan fingerprint density at radius 3 is 2.76 bits per heavy atom. The molecule has 2 nitrogen and oxygen atoms in total. The van der Waals surface area contributed by atoms with Crippen LogP contribution in [-0.4, -0.2) is 12.5 Å². The molecule has 1 heterocycles. The average Bonchev–Trinajstić information content (AvgIpc) is 2.83. The monoisotopic (exact) mass is 229 g/mol. The highest BCUT2D eigenvalue weighted by molar-refractivity contribution is 5.97. The molecular formula is C15H19NO. The molecule has 1 aliphatic carbocycles. The molecule has 17 heavy (non-hydrogen) atoms. The molecule has 0 unspecified atom stereocenters. The smallest absolute Gasteiger partial charge is 0.251 e. The first-order valence-corrected chi connectivity index (χ1v) is 6.67. The number of amides is 1. The Morgan fingerprint density at radius 1 is 1.29 bits per heavy atom. The molecule has 0 radical (unpaired) electrons. The van der Waals surface area contributed by atoms with E-state index in [1.807, 2.05) is 0 Å². The van der Waals surface area contributed by atoms with Crippen LogP contribution in [0.3, 0.4) is 0 Å². The largest absolute Gasteiger partial charge is 0.351 e. The lowest BCUT2D eigenvalue weighted by molar-refractivity contribution is 0.0924. The van der Waals surface area contributed by atoms with E-state index in [0.29, 0.717) is 0 Å². The van der Waals surface area contributed by atoms with E-state index in [0.717, 1.165) is 18.5 Å². The molecule has 3 rings (SSSR count). The summed E-state index contributed by atoms with van der Waals surface area (Å²) < 4.78 is 0. The average molecular weight is 229 g/mol. The minimum absolute atomic E-state index is 0.118. The predicted octanol–water partition coefficient (Wildman–Crippen LogP) is 2.80. The lowest BCUT2D eigenvalue weighted by atomic mass is 9.74. The van der Waals surface area contributed by atoms with Gasteiger partial charge in [-0.05, 0) is 36.5 Å². The highest BCUT2D eigenvalue weighted by atomic mass is 16.1. The van der Waals surface area contributed by atoms with Crippen molar-refractivity contribution in [1.82, 2.24) is 5.32 Å². The number of hydrogen-bond acceptors (Lipinski definition) is 1. The SMILES string of the molecule is CCc1ccc2c(c1)C(=O)NCC21CCCC1. The van der Waals surface area contributed by atoms with Gasteiger partial charge in [0.1, 0.15) is 0 Å². The number of hydrogen-bond donors (Lipinski definition) is 1. The summed E-state index contributed by atoms with van der Waals surface area (Å²) >= 11 is 0. The van der Waals surface area contributed by atoms with Gasteiger partial charge in [0.2, 0.25) is 0 Å². The summed E-state index contributed by atoms with van der Waals surface area (Å²) in [7, 11) is 0. The van der Waals surface area contributed by atoms with Crippen molar-refractivity contribution in [3.8, 4) is 0 Å². The van der Waals surface area contributed by atoms with E-state index in [9.17, 15) is 4.79 Å². The van der Waals surface area contributed by atoms with Gasteiger partial charge in [-0.1, -0.05) is 31.9 Å². The fourth-order valence-electron chi connectivity index (χ4n) is 3.40. The molecule has 1 amide bonds. The third-order valence-electron chi connectivity index (χ3n) is 4.46. The molecule has 0 aromatic heterocycles. The van der Waals surface area contributed by atoms with Crippen LogP contribution in [0.1, 0.15) is 54.1 Å². The van der Waals surface area contributed by atoms with Gasteiger partial charge in [0.15, 0.2) is 0 Å². The zero-order chi connectivity index (χ0) is 11.9. The van der Waals surface area contributed by atoms with Crippen molar-refractivity contribution in [2.45, 2.75) is 44.4 Å². The Balaban J connectivity index is 2.12. The predicted molar refractivity (Wildman–Crippen MR) is 68.3 cm³/mol. The Labute approximate surface area is 102 Å². The molecule has 2 aliphatic rings. The Kier molecular flexibility index (Phi) is 2.46. The molecule has 1 aromatic rings. The van der Waals surface area contributed by atoms with Crippen LogP contribution in [-0.2, 0) is 11.8 Å². The molecule has 90 valence electrons. The van der Waals surface area contributed by atoms with Crippen molar-refractivity contribution < 1.29 is 4.79 Å². The normalized spacial score (nSPS) is 21.4. The summed E-state index contributed by atoms with van der Waals surface area (Å²) in [6.45, 7) is 2.97. The molecule has 0 bridgehead atoms. The van der Waals surface area contributed by atoms with E-state index >= 15 is 0 Å². The van der Waals surface area contributed by atoms with E-state index < -0.39 is 0 Å². The Hall–Kier alpha value is -1.31. The van der Waals surface area contributed by atoms with Crippen molar-refractivity contribution in [3.05, 3.63) is 34.9 Å². The van der Waals surface area contributed by atoms with Gasteiger partial charge in [0, 0.05) is 17.5 Å². The van der Waals surface area contributed by atoms with Crippen molar-refractivity contribution >= 4 is 5.91 Å². The summed E-state index contributed by atoms with van der Waals surface area (Å²) in [6, 6.07) is 6.49. The van der Waals surface area contributed by atoms with Gasteiger partial charge in [-0.3, -0.25) is 4.79 Å². The van der Waals surface area contributed by atoms with Gasteiger partial charge in [-0.25, -0.2) is 0 Å². The third kappa shape index (κ3) is 1.58. The van der Waals surface area contributed by atoms with Gasteiger partial charge in [0.25, 0.3) is 5.91 Å². The van der Waals surface area contributed by atoms with E-state index in [4.69, 9.17) is 0 Å². The van der Waals surface area contributed by atoms with Crippen molar-refractivity contribution in [1.29, 1.82) is 0 Å². The van der Waals surface area contributed by atoms with Gasteiger partial charge in [-0.15, -0.1) is 0 Å². The quantitative estimate of drug-likeness (QED) is 0.788. The molecule has 0 saturated heterocycles. The summed E-state index contributed by atoms with van der Waals surface area (Å²) in [5.41, 5.74) is 3.73. The number of carbonyl (C=O) groups is 1. The van der Waals surface area contributed by atoms with E-state index in [-0.39, 0.29) is 11.3 Å². The van der Waals surface area contributed by atoms with Crippen molar-refractivity contribution in [2.75, 3.05) is 6.54 Å². The second kappa shape index (κ2) is 3.86. The first kappa shape index (κ1) is 10.8. The van der Waals surface area contributed by atoms with Crippen LogP contribution in [0.25, 0.3) is 0 Å². The zero-order valence-corrected chi connectivity index (χ0v) is 10.4. The molecular weight excluding hydrogens is 210 g/mol. The zero-order valence-electron chi connectivity index (χ0n) is 10.4. The molecule has 1 spiro atoms. The molecule has 1 aliphatic heterocycles. The molecule has 1 aromatic carbocycles. The molecule has 0 atom stereocenters. The number of aryl methyl sites for hydroxylation is 1. The molecule has 1 saturated carbocycles. The topological polar surface area (TPSA) is 29.1 Å². The van der Waals surface area contributed by atoms with Crippen molar-refractivity contribution in [3.63, 3.8) is 0 Å². The van der Waals surface area contributed by atoms with Crippen LogP contribution in [0.5, 0.6) is 0 Å². The standard InChI is InChI=1S/C15H19NO/c1-2-11-5-6-13-12(9-11)14(17)16-10-15(13)7-3-4-8-15/h5-6,9H,2-4,7-8,10H2,1H3,(H,16,17). The lowest BCUT2D eigenvalue weighted by Crippen LogP contribution is -2.45. The van der Waals surface area contributed by atoms with E-state index in [1.165, 1.54) is 36.8 Å². The minimum atomic E-state index is 0.118. The van der Waals surface area contributed by atoms with Gasteiger partial charge >= 0.3 is 0 Å². The summed E-state index contributed by atoms with van der Waals surface area (Å²) in [5.74, 6) is 0.118. The lowest BCUT2D eigenvalue weighted by Gasteiger charge is -2.36. The molecule has 1 N–H and O–H groups in total. The van der Waals surface area contributed by atoms with Gasteiger partial charge < -0.3 is 5.32 Å². The van der Waals surface area contributed by atoms with E-state index in [2.05, 4.69) is 30.4 Å². The fraction of sp³-hybridized carbons (Fsp3) is 0.533. The van der Waals surface area contributed by atoms with Gasteiger partial charge in [-0.2, -0.15) is 0 Å². The number of rotatable bonds is 1. The van der Waals surface area contributed by atoms with Crippen LogP contribution in [0.15, 0.2) is 18.2 Å². The number of fused-ring (bicyclic) bond motifs is 2. The van der Waals surface area contributed by atoms with Crippen LogP contribution < -0.4 is 5.32 Å². The van der Waals surface area contributed by atoms with Crippen molar-refractivity contribution in [2.24, 2.45) is 0 Å². The molecule has 1 fully saturated rings. The maximum absolute atomic E-state index is 12.0. The second-order valence-corrected chi connectivity index (χ2v) is 5.40. The first-order chi connectivity index (χ1) is 8.25. The maximum Gasteiger partial charge on any atom is 0.251 e. The molecule has 2 heteroatoms. The van der Waals surface area contributed by atoms with Crippen LogP contribution in [0.4, 0.5) is 0 Å². The second-order valence-electron chi connectivity index (χ2n) is 5.40. The first-order valence-electron chi connectivity index (χ1n) is 6.67. The fourth-order valence-corrected chi connectivity index (χ4v) is 3.40. The number of nitrogens with one attached hydrogen (secondary N) is 1. The Morgan fingerprint density at radius 2 is 2.06 bits per heavy atom.